The minimum Gasteiger partial charge on any atom is -0.257 e. The van der Waals surface area contributed by atoms with Crippen LogP contribution < -0.4 is 0 Å². The lowest BCUT2D eigenvalue weighted by atomic mass is 10.1. The number of fused-ring (bicyclic) bond motifs is 3. The molecule has 3 heterocycles. The molecule has 6 heteroatoms. The predicted octanol–water partition coefficient (Wildman–Crippen LogP) is 4.70. The van der Waals surface area contributed by atoms with Crippen molar-refractivity contribution in [3.63, 3.8) is 0 Å². The quantitative estimate of drug-likeness (QED) is 0.503. The maximum atomic E-state index is 13.2. The number of rotatable bonds is 2. The smallest absolute Gasteiger partial charge is 0.211 e. The molecule has 24 heavy (non-hydrogen) atoms. The van der Waals surface area contributed by atoms with Crippen molar-refractivity contribution in [3.8, 4) is 11.3 Å². The highest BCUT2D eigenvalue weighted by Crippen LogP contribution is 2.33. The summed E-state index contributed by atoms with van der Waals surface area (Å²) in [6.07, 6.45) is 0. The van der Waals surface area contributed by atoms with Gasteiger partial charge in [0.25, 0.3) is 0 Å². The molecular weight excluding hydrogens is 307 g/mol. The maximum Gasteiger partial charge on any atom is 0.211 e. The van der Waals surface area contributed by atoms with E-state index in [0.29, 0.717) is 22.6 Å². The van der Waals surface area contributed by atoms with Crippen molar-refractivity contribution >= 4 is 22.5 Å². The molecular formula is C18H13FN4O. The van der Waals surface area contributed by atoms with Crippen LogP contribution in [-0.4, -0.2) is 14.4 Å². The Hall–Kier alpha value is -3.15. The van der Waals surface area contributed by atoms with E-state index >= 15 is 0 Å². The molecule has 1 aromatic carbocycles. The first kappa shape index (κ1) is 14.4. The zero-order chi connectivity index (χ0) is 16.8. The third-order valence-electron chi connectivity index (χ3n) is 4.07. The highest BCUT2D eigenvalue weighted by Gasteiger charge is 2.18. The molecule has 0 saturated heterocycles. The van der Waals surface area contributed by atoms with Gasteiger partial charge in [0.2, 0.25) is 5.82 Å². The molecule has 0 unspecified atom stereocenters. The highest BCUT2D eigenvalue weighted by molar-refractivity contribution is 5.86. The fourth-order valence-corrected chi connectivity index (χ4v) is 3.00. The standard InChI is InChI=1S/C18H13FN4O/c1-10-9-11(2)20-17-14(10)7-8-15-21-16(18(22-24)23(15)17)12-3-5-13(19)6-4-12/h3-9H,1-2H3. The van der Waals surface area contributed by atoms with Gasteiger partial charge in [-0.2, -0.15) is 0 Å². The topological polar surface area (TPSA) is 59.6 Å². The number of halogens is 1. The molecule has 5 nitrogen and oxygen atoms in total. The van der Waals surface area contributed by atoms with Crippen LogP contribution in [0, 0.1) is 24.6 Å². The van der Waals surface area contributed by atoms with E-state index in [4.69, 9.17) is 0 Å². The van der Waals surface area contributed by atoms with Crippen molar-refractivity contribution in [2.45, 2.75) is 13.8 Å². The minimum atomic E-state index is -0.346. The summed E-state index contributed by atoms with van der Waals surface area (Å²) in [6.45, 7) is 3.89. The zero-order valence-electron chi connectivity index (χ0n) is 13.1. The average molecular weight is 320 g/mol. The Kier molecular flexibility index (Phi) is 3.13. The first-order valence-electron chi connectivity index (χ1n) is 7.47. The molecule has 0 aliphatic carbocycles. The van der Waals surface area contributed by atoms with Gasteiger partial charge in [-0.1, -0.05) is 0 Å². The van der Waals surface area contributed by atoms with Gasteiger partial charge in [-0.05, 0) is 67.1 Å². The van der Waals surface area contributed by atoms with Crippen molar-refractivity contribution < 1.29 is 4.39 Å². The van der Waals surface area contributed by atoms with Crippen molar-refractivity contribution in [1.82, 2.24) is 14.4 Å². The number of nitroso groups, excluding NO2 is 1. The van der Waals surface area contributed by atoms with Crippen LogP contribution >= 0.6 is 0 Å². The van der Waals surface area contributed by atoms with Gasteiger partial charge in [0, 0.05) is 16.6 Å². The molecule has 0 spiro atoms. The third kappa shape index (κ3) is 2.07. The summed E-state index contributed by atoms with van der Waals surface area (Å²) < 4.78 is 14.8. The lowest BCUT2D eigenvalue weighted by Gasteiger charge is -2.06. The lowest BCUT2D eigenvalue weighted by Crippen LogP contribution is -1.95. The molecule has 0 bridgehead atoms. The molecule has 0 N–H and O–H groups in total. The molecule has 0 saturated carbocycles. The number of imidazole rings is 1. The normalized spacial score (nSPS) is 11.3. The van der Waals surface area contributed by atoms with Gasteiger partial charge in [-0.25, -0.2) is 14.4 Å². The molecule has 0 amide bonds. The summed E-state index contributed by atoms with van der Waals surface area (Å²) in [5.41, 5.74) is 4.18. The Labute approximate surface area is 136 Å². The van der Waals surface area contributed by atoms with E-state index in [1.54, 1.807) is 16.5 Å². The van der Waals surface area contributed by atoms with E-state index in [0.717, 1.165) is 16.6 Å². The Morgan fingerprint density at radius 1 is 1.04 bits per heavy atom. The fraction of sp³-hybridized carbons (Fsp3) is 0.111. The van der Waals surface area contributed by atoms with E-state index in [1.165, 1.54) is 12.1 Å². The summed E-state index contributed by atoms with van der Waals surface area (Å²) in [6, 6.07) is 11.6. The fourth-order valence-electron chi connectivity index (χ4n) is 3.00. The van der Waals surface area contributed by atoms with E-state index in [-0.39, 0.29) is 11.6 Å². The number of aromatic nitrogens is 3. The summed E-state index contributed by atoms with van der Waals surface area (Å²) in [5.74, 6) is -0.179. The minimum absolute atomic E-state index is 0.166. The first-order valence-corrected chi connectivity index (χ1v) is 7.47. The van der Waals surface area contributed by atoms with Crippen LogP contribution in [0.1, 0.15) is 11.3 Å². The van der Waals surface area contributed by atoms with E-state index < -0.39 is 0 Å². The van der Waals surface area contributed by atoms with Gasteiger partial charge in [0.1, 0.15) is 22.8 Å². The molecule has 3 aromatic heterocycles. The highest BCUT2D eigenvalue weighted by atomic mass is 19.1. The summed E-state index contributed by atoms with van der Waals surface area (Å²) >= 11 is 0. The van der Waals surface area contributed by atoms with Crippen LogP contribution in [0.5, 0.6) is 0 Å². The van der Waals surface area contributed by atoms with Crippen LogP contribution in [0.25, 0.3) is 27.9 Å². The number of pyridine rings is 2. The third-order valence-corrected chi connectivity index (χ3v) is 4.07. The van der Waals surface area contributed by atoms with Crippen LogP contribution in [0.2, 0.25) is 0 Å². The first-order chi connectivity index (χ1) is 11.6. The Morgan fingerprint density at radius 3 is 2.50 bits per heavy atom. The molecule has 4 aromatic rings. The van der Waals surface area contributed by atoms with Crippen molar-refractivity contribution in [2.24, 2.45) is 5.18 Å². The number of hydrogen-bond donors (Lipinski definition) is 0. The van der Waals surface area contributed by atoms with Crippen LogP contribution in [-0.2, 0) is 0 Å². The van der Waals surface area contributed by atoms with Gasteiger partial charge >= 0.3 is 0 Å². The van der Waals surface area contributed by atoms with Gasteiger partial charge in [-0.3, -0.25) is 4.40 Å². The predicted molar refractivity (Wildman–Crippen MR) is 90.8 cm³/mol. The maximum absolute atomic E-state index is 13.2. The molecule has 0 atom stereocenters. The second kappa shape index (κ2) is 5.19. The van der Waals surface area contributed by atoms with Gasteiger partial charge in [0.05, 0.1) is 0 Å². The van der Waals surface area contributed by atoms with Crippen molar-refractivity contribution in [3.05, 3.63) is 64.4 Å². The molecule has 0 fully saturated rings. The second-order valence-corrected chi connectivity index (χ2v) is 5.73. The number of benzene rings is 1. The summed E-state index contributed by atoms with van der Waals surface area (Å²) in [4.78, 5) is 20.6. The van der Waals surface area contributed by atoms with Crippen LogP contribution in [0.3, 0.4) is 0 Å². The van der Waals surface area contributed by atoms with Gasteiger partial charge in [0.15, 0.2) is 0 Å². The van der Waals surface area contributed by atoms with Crippen molar-refractivity contribution in [1.29, 1.82) is 0 Å². The summed E-state index contributed by atoms with van der Waals surface area (Å²) in [5, 5.41) is 4.12. The lowest BCUT2D eigenvalue weighted by molar-refractivity contribution is 0.628. The molecule has 0 aliphatic heterocycles. The molecule has 4 rings (SSSR count). The largest absolute Gasteiger partial charge is 0.257 e. The second-order valence-electron chi connectivity index (χ2n) is 5.73. The number of nitrogens with zero attached hydrogens (tertiary/aromatic N) is 4. The summed E-state index contributed by atoms with van der Waals surface area (Å²) in [7, 11) is 0. The molecule has 0 radical (unpaired) electrons. The van der Waals surface area contributed by atoms with E-state index in [9.17, 15) is 9.30 Å². The van der Waals surface area contributed by atoms with Crippen molar-refractivity contribution in [2.75, 3.05) is 0 Å². The number of hydrogen-bond acceptors (Lipinski definition) is 4. The van der Waals surface area contributed by atoms with E-state index in [1.807, 2.05) is 32.0 Å². The monoisotopic (exact) mass is 320 g/mol. The Morgan fingerprint density at radius 2 is 1.79 bits per heavy atom. The Balaban J connectivity index is 2.13. The van der Waals surface area contributed by atoms with Gasteiger partial charge in [-0.15, -0.1) is 4.91 Å². The number of aryl methyl sites for hydroxylation is 2. The zero-order valence-corrected chi connectivity index (χ0v) is 13.1. The molecule has 0 aliphatic rings. The SMILES string of the molecule is Cc1cc(C)c2ccc3nc(-c4ccc(F)cc4)c(N=O)n3c2n1. The van der Waals surface area contributed by atoms with E-state index in [2.05, 4.69) is 15.1 Å². The van der Waals surface area contributed by atoms with Crippen LogP contribution in [0.15, 0.2) is 47.6 Å². The van der Waals surface area contributed by atoms with Gasteiger partial charge < -0.3 is 0 Å². The average Bonchev–Trinajstić information content (AvgIpc) is 2.94. The molecule has 118 valence electrons. The Bertz CT molecular complexity index is 1100. The van der Waals surface area contributed by atoms with Crippen LogP contribution in [0.4, 0.5) is 10.2 Å².